The van der Waals surface area contributed by atoms with E-state index in [1.165, 1.54) is 11.1 Å². The van der Waals surface area contributed by atoms with E-state index >= 15 is 0 Å². The molecule has 1 aliphatic heterocycles. The number of amides is 2. The van der Waals surface area contributed by atoms with Crippen LogP contribution >= 0.6 is 45.2 Å². The standard InChI is InChI=1S/C16H10I2N2O3/c17-12-7-9(8-13(18)14(12)21)6-11-15(22)19-20(16(11)23)10-4-2-1-3-5-10/h1-8,21H,(H,19,22)/b11-6+. The summed E-state index contributed by atoms with van der Waals surface area (Å²) in [7, 11) is 0. The average molecular weight is 532 g/mol. The number of rotatable bonds is 2. The minimum atomic E-state index is -0.447. The molecule has 0 bridgehead atoms. The van der Waals surface area contributed by atoms with Crippen LogP contribution in [0.5, 0.6) is 5.75 Å². The van der Waals surface area contributed by atoms with Crippen molar-refractivity contribution in [3.8, 4) is 5.75 Å². The van der Waals surface area contributed by atoms with Crippen LogP contribution < -0.4 is 10.4 Å². The molecule has 0 aromatic heterocycles. The van der Waals surface area contributed by atoms with Crippen LogP contribution in [0.4, 0.5) is 5.69 Å². The molecule has 2 aromatic rings. The molecule has 1 fully saturated rings. The Morgan fingerprint density at radius 2 is 1.65 bits per heavy atom. The first-order valence-corrected chi connectivity index (χ1v) is 8.73. The van der Waals surface area contributed by atoms with Crippen molar-refractivity contribution in [2.45, 2.75) is 0 Å². The number of nitrogens with zero attached hydrogens (tertiary/aromatic N) is 1. The van der Waals surface area contributed by atoms with E-state index in [0.29, 0.717) is 18.4 Å². The molecule has 0 radical (unpaired) electrons. The SMILES string of the molecule is O=C1NN(c2ccccc2)C(=O)/C1=C/c1cc(I)c(O)c(I)c1. The van der Waals surface area contributed by atoms with Crippen molar-refractivity contribution >= 4 is 68.8 Å². The van der Waals surface area contributed by atoms with Gasteiger partial charge in [0.2, 0.25) is 0 Å². The zero-order valence-corrected chi connectivity index (χ0v) is 15.9. The summed E-state index contributed by atoms with van der Waals surface area (Å²) in [4.78, 5) is 24.6. The smallest absolute Gasteiger partial charge is 0.282 e. The van der Waals surface area contributed by atoms with Crippen LogP contribution in [0.25, 0.3) is 6.08 Å². The van der Waals surface area contributed by atoms with Crippen LogP contribution in [-0.4, -0.2) is 16.9 Å². The van der Waals surface area contributed by atoms with E-state index in [-0.39, 0.29) is 11.3 Å². The van der Waals surface area contributed by atoms with Crippen LogP contribution in [0.3, 0.4) is 0 Å². The van der Waals surface area contributed by atoms with Crippen LogP contribution in [0.15, 0.2) is 48.0 Å². The number of benzene rings is 2. The summed E-state index contributed by atoms with van der Waals surface area (Å²) < 4.78 is 1.32. The second-order valence-electron chi connectivity index (χ2n) is 4.81. The molecule has 0 unspecified atom stereocenters. The fourth-order valence-electron chi connectivity index (χ4n) is 2.15. The molecule has 2 amide bonds. The number of hydrogen-bond donors (Lipinski definition) is 2. The number of hydrogen-bond acceptors (Lipinski definition) is 3. The third-order valence-electron chi connectivity index (χ3n) is 3.26. The Morgan fingerprint density at radius 3 is 2.26 bits per heavy atom. The van der Waals surface area contributed by atoms with Gasteiger partial charge in [0.05, 0.1) is 12.8 Å². The van der Waals surface area contributed by atoms with Gasteiger partial charge in [0.15, 0.2) is 0 Å². The molecule has 7 heteroatoms. The van der Waals surface area contributed by atoms with Crippen molar-refractivity contribution in [2.24, 2.45) is 0 Å². The van der Waals surface area contributed by atoms with Crippen LogP contribution in [0, 0.1) is 7.14 Å². The fourth-order valence-corrected chi connectivity index (χ4v) is 3.97. The first-order chi connectivity index (χ1) is 11.0. The summed E-state index contributed by atoms with van der Waals surface area (Å²) >= 11 is 4.01. The number of phenolic OH excluding ortho intramolecular Hbond substituents is 1. The summed E-state index contributed by atoms with van der Waals surface area (Å²) in [5.41, 5.74) is 3.90. The van der Waals surface area contributed by atoms with Crippen molar-refractivity contribution in [1.29, 1.82) is 0 Å². The molecule has 1 saturated heterocycles. The lowest BCUT2D eigenvalue weighted by atomic mass is 10.1. The maximum Gasteiger partial charge on any atom is 0.282 e. The molecule has 0 aliphatic carbocycles. The molecular formula is C16H10I2N2O3. The van der Waals surface area contributed by atoms with Gasteiger partial charge in [-0.1, -0.05) is 18.2 Å². The Kier molecular flexibility index (Phi) is 4.57. The quantitative estimate of drug-likeness (QED) is 0.355. The van der Waals surface area contributed by atoms with Gasteiger partial charge in [0.1, 0.15) is 11.3 Å². The molecule has 23 heavy (non-hydrogen) atoms. The molecule has 1 aliphatic rings. The van der Waals surface area contributed by atoms with Crippen molar-refractivity contribution in [3.63, 3.8) is 0 Å². The highest BCUT2D eigenvalue weighted by Crippen LogP contribution is 2.29. The monoisotopic (exact) mass is 532 g/mol. The summed E-state index contributed by atoms with van der Waals surface area (Å²) in [6.45, 7) is 0. The van der Waals surface area contributed by atoms with E-state index in [1.807, 2.05) is 51.2 Å². The average Bonchev–Trinajstić information content (AvgIpc) is 2.81. The summed E-state index contributed by atoms with van der Waals surface area (Å²) in [5.74, 6) is -0.655. The van der Waals surface area contributed by atoms with E-state index < -0.39 is 11.8 Å². The van der Waals surface area contributed by atoms with E-state index in [0.717, 1.165) is 0 Å². The molecule has 1 heterocycles. The first kappa shape index (κ1) is 16.2. The van der Waals surface area contributed by atoms with Gasteiger partial charge in [-0.25, -0.2) is 5.01 Å². The van der Waals surface area contributed by atoms with Gasteiger partial charge in [-0.05, 0) is 81.1 Å². The molecule has 2 aromatic carbocycles. The highest BCUT2D eigenvalue weighted by molar-refractivity contribution is 14.1. The molecule has 0 atom stereocenters. The predicted octanol–water partition coefficient (Wildman–Crippen LogP) is 3.06. The van der Waals surface area contributed by atoms with Crippen LogP contribution in [0.1, 0.15) is 5.56 Å². The van der Waals surface area contributed by atoms with Gasteiger partial charge in [-0.3, -0.25) is 15.0 Å². The van der Waals surface area contributed by atoms with Crippen LogP contribution in [0.2, 0.25) is 0 Å². The molecular weight excluding hydrogens is 522 g/mol. The van der Waals surface area contributed by atoms with Gasteiger partial charge in [-0.15, -0.1) is 0 Å². The van der Waals surface area contributed by atoms with Crippen LogP contribution in [-0.2, 0) is 9.59 Å². The molecule has 3 rings (SSSR count). The number of para-hydroxylation sites is 1. The summed E-state index contributed by atoms with van der Waals surface area (Å²) in [6.07, 6.45) is 1.53. The van der Waals surface area contributed by atoms with E-state index in [2.05, 4.69) is 5.43 Å². The lowest BCUT2D eigenvalue weighted by molar-refractivity contribution is -0.117. The van der Waals surface area contributed by atoms with Gasteiger partial charge in [0.25, 0.3) is 11.8 Å². The number of aromatic hydroxyl groups is 1. The topological polar surface area (TPSA) is 69.6 Å². The molecule has 0 spiro atoms. The molecule has 0 saturated carbocycles. The Labute approximate surface area is 159 Å². The highest BCUT2D eigenvalue weighted by Gasteiger charge is 2.34. The number of anilines is 1. The molecule has 2 N–H and O–H groups in total. The zero-order valence-electron chi connectivity index (χ0n) is 11.6. The number of nitrogens with one attached hydrogen (secondary N) is 1. The Hall–Kier alpha value is -1.62. The molecule has 116 valence electrons. The first-order valence-electron chi connectivity index (χ1n) is 6.57. The second-order valence-corrected chi connectivity index (χ2v) is 7.13. The molecule has 5 nitrogen and oxygen atoms in total. The lowest BCUT2D eigenvalue weighted by Crippen LogP contribution is -2.35. The Bertz CT molecular complexity index is 811. The number of halogens is 2. The maximum absolute atomic E-state index is 12.5. The van der Waals surface area contributed by atoms with Gasteiger partial charge < -0.3 is 5.11 Å². The van der Waals surface area contributed by atoms with Crippen molar-refractivity contribution in [2.75, 3.05) is 5.01 Å². The van der Waals surface area contributed by atoms with Gasteiger partial charge >= 0.3 is 0 Å². The Morgan fingerprint density at radius 1 is 1.04 bits per heavy atom. The maximum atomic E-state index is 12.5. The highest BCUT2D eigenvalue weighted by atomic mass is 127. The van der Waals surface area contributed by atoms with Gasteiger partial charge in [-0.2, -0.15) is 0 Å². The lowest BCUT2D eigenvalue weighted by Gasteiger charge is -2.13. The summed E-state index contributed by atoms with van der Waals surface area (Å²) in [6, 6.07) is 12.3. The minimum absolute atomic E-state index is 0.0612. The Balaban J connectivity index is 1.97. The minimum Gasteiger partial charge on any atom is -0.506 e. The van der Waals surface area contributed by atoms with E-state index in [1.54, 1.807) is 36.4 Å². The number of carbonyl (C=O) groups excluding carboxylic acids is 2. The zero-order chi connectivity index (χ0) is 16.6. The van der Waals surface area contributed by atoms with Crippen molar-refractivity contribution in [3.05, 3.63) is 60.7 Å². The van der Waals surface area contributed by atoms with Crippen molar-refractivity contribution in [1.82, 2.24) is 5.43 Å². The predicted molar refractivity (Wildman–Crippen MR) is 104 cm³/mol. The van der Waals surface area contributed by atoms with E-state index in [4.69, 9.17) is 0 Å². The van der Waals surface area contributed by atoms with Gasteiger partial charge in [0, 0.05) is 0 Å². The normalized spacial score (nSPS) is 16.1. The van der Waals surface area contributed by atoms with Crippen molar-refractivity contribution < 1.29 is 14.7 Å². The number of carbonyl (C=O) groups is 2. The second kappa shape index (κ2) is 6.48. The largest absolute Gasteiger partial charge is 0.506 e. The van der Waals surface area contributed by atoms with E-state index in [9.17, 15) is 14.7 Å². The number of phenols is 1. The number of hydrazine groups is 1. The third kappa shape index (κ3) is 3.20. The third-order valence-corrected chi connectivity index (χ3v) is 4.90. The fraction of sp³-hybridized carbons (Fsp3) is 0. The summed E-state index contributed by atoms with van der Waals surface area (Å²) in [5, 5.41) is 11.0.